The summed E-state index contributed by atoms with van der Waals surface area (Å²) in [6.07, 6.45) is 10.6. The Labute approximate surface area is 272 Å². The van der Waals surface area contributed by atoms with Crippen molar-refractivity contribution in [1.82, 2.24) is 20.6 Å². The van der Waals surface area contributed by atoms with Crippen LogP contribution >= 0.6 is 0 Å². The molecule has 246 valence electrons. The van der Waals surface area contributed by atoms with E-state index in [9.17, 15) is 14.4 Å². The van der Waals surface area contributed by atoms with Gasteiger partial charge in [-0.3, -0.25) is 14.6 Å². The minimum Gasteiger partial charge on any atom is -0.444 e. The molecule has 4 rings (SSSR count). The summed E-state index contributed by atoms with van der Waals surface area (Å²) in [6.45, 7) is 10.2. The number of amides is 3. The molecule has 0 unspecified atom stereocenters. The van der Waals surface area contributed by atoms with Crippen LogP contribution in [-0.4, -0.2) is 59.3 Å². The van der Waals surface area contributed by atoms with Crippen LogP contribution in [0.4, 0.5) is 10.5 Å². The summed E-state index contributed by atoms with van der Waals surface area (Å²) in [7, 11) is 1.74. The van der Waals surface area contributed by atoms with Gasteiger partial charge in [0.1, 0.15) is 17.5 Å². The molecule has 1 heterocycles. The molecule has 1 aliphatic carbocycles. The average molecular weight is 629 g/mol. The third-order valence-corrected chi connectivity index (χ3v) is 7.63. The number of carbonyl (C=O) groups is 3. The van der Waals surface area contributed by atoms with Crippen molar-refractivity contribution in [2.45, 2.75) is 84.8 Å². The number of aromatic nitrogens is 2. The van der Waals surface area contributed by atoms with Crippen LogP contribution in [0, 0.1) is 12.8 Å². The molecule has 0 bridgehead atoms. The largest absolute Gasteiger partial charge is 0.444 e. The van der Waals surface area contributed by atoms with Crippen LogP contribution in [0.5, 0.6) is 0 Å². The molecular weight excluding hydrogens is 580 g/mol. The van der Waals surface area contributed by atoms with E-state index < -0.39 is 11.6 Å². The molecule has 0 aliphatic heterocycles. The normalized spacial score (nSPS) is 14.3. The maximum absolute atomic E-state index is 12.8. The highest BCUT2D eigenvalue weighted by atomic mass is 16.6. The van der Waals surface area contributed by atoms with E-state index in [4.69, 9.17) is 4.74 Å². The molecule has 0 spiro atoms. The van der Waals surface area contributed by atoms with Gasteiger partial charge in [0.15, 0.2) is 0 Å². The van der Waals surface area contributed by atoms with Crippen molar-refractivity contribution in [1.29, 1.82) is 0 Å². The molecule has 1 atom stereocenters. The topological polar surface area (TPSA) is 135 Å². The van der Waals surface area contributed by atoms with Gasteiger partial charge < -0.3 is 20.7 Å². The fourth-order valence-corrected chi connectivity index (χ4v) is 5.05. The fourth-order valence-electron chi connectivity index (χ4n) is 5.05. The maximum Gasteiger partial charge on any atom is 0.407 e. The number of carbonyl (C=O) groups excluding carboxylic acids is 3. The molecule has 0 saturated heterocycles. The van der Waals surface area contributed by atoms with Crippen molar-refractivity contribution >= 4 is 29.8 Å². The first-order valence-electron chi connectivity index (χ1n) is 15.9. The third kappa shape index (κ3) is 12.4. The molecule has 1 saturated carbocycles. The lowest BCUT2D eigenvalue weighted by atomic mass is 9.89. The van der Waals surface area contributed by atoms with Gasteiger partial charge in [-0.15, -0.1) is 0 Å². The Morgan fingerprint density at radius 3 is 2.30 bits per heavy atom. The van der Waals surface area contributed by atoms with Crippen LogP contribution in [-0.2, 0) is 20.7 Å². The Balaban J connectivity index is 0.000000322. The van der Waals surface area contributed by atoms with Crippen molar-refractivity contribution in [3.63, 3.8) is 0 Å². The lowest BCUT2D eigenvalue weighted by Crippen LogP contribution is -2.41. The summed E-state index contributed by atoms with van der Waals surface area (Å²) in [5, 5.41) is 8.33. The van der Waals surface area contributed by atoms with Crippen LogP contribution in [0.25, 0.3) is 11.1 Å². The van der Waals surface area contributed by atoms with E-state index in [0.717, 1.165) is 34.5 Å². The second kappa shape index (κ2) is 17.8. The van der Waals surface area contributed by atoms with Gasteiger partial charge in [0.05, 0.1) is 0 Å². The predicted molar refractivity (Wildman–Crippen MR) is 183 cm³/mol. The highest BCUT2D eigenvalue weighted by Crippen LogP contribution is 2.23. The minimum absolute atomic E-state index is 0.284. The van der Waals surface area contributed by atoms with Crippen molar-refractivity contribution in [2.75, 3.05) is 18.9 Å². The monoisotopic (exact) mass is 628 g/mol. The van der Waals surface area contributed by atoms with Crippen LogP contribution in [0.2, 0.25) is 0 Å². The Hall–Kier alpha value is -4.60. The highest BCUT2D eigenvalue weighted by Gasteiger charge is 2.20. The number of benzene rings is 2. The molecule has 46 heavy (non-hydrogen) atoms. The van der Waals surface area contributed by atoms with Crippen molar-refractivity contribution in [3.8, 4) is 11.1 Å². The number of alkyl carbamates (subject to hydrolysis) is 1. The number of aliphatic imine (C=N–C) groups is 1. The summed E-state index contributed by atoms with van der Waals surface area (Å²) in [6, 6.07) is 14.5. The molecule has 1 aromatic heterocycles. The maximum atomic E-state index is 12.8. The molecule has 10 heteroatoms. The number of nitrogens with zero attached hydrogens (tertiary/aromatic N) is 3. The Bertz CT molecular complexity index is 1440. The predicted octanol–water partition coefficient (Wildman–Crippen LogP) is 6.28. The van der Waals surface area contributed by atoms with Gasteiger partial charge in [-0.25, -0.2) is 14.8 Å². The van der Waals surface area contributed by atoms with E-state index >= 15 is 0 Å². The van der Waals surface area contributed by atoms with Crippen molar-refractivity contribution < 1.29 is 19.1 Å². The van der Waals surface area contributed by atoms with Gasteiger partial charge >= 0.3 is 6.09 Å². The molecular formula is C36H48N6O4. The number of ether oxygens (including phenoxy) is 1. The molecule has 3 aromatic rings. The zero-order valence-corrected chi connectivity index (χ0v) is 27.9. The average Bonchev–Trinajstić information content (AvgIpc) is 3.04. The van der Waals surface area contributed by atoms with E-state index in [0.29, 0.717) is 30.3 Å². The molecule has 0 radical (unpaired) electrons. The molecule has 1 fully saturated rings. The Morgan fingerprint density at radius 2 is 1.70 bits per heavy atom. The summed E-state index contributed by atoms with van der Waals surface area (Å²) in [5.41, 5.74) is 4.92. The quantitative estimate of drug-likeness (QED) is 0.179. The van der Waals surface area contributed by atoms with Gasteiger partial charge in [-0.2, -0.15) is 0 Å². The van der Waals surface area contributed by atoms with Crippen LogP contribution in [0.3, 0.4) is 0 Å². The number of nitrogens with one attached hydrogen (secondary N) is 3. The minimum atomic E-state index is -0.708. The number of aryl methyl sites for hydroxylation is 1. The van der Waals surface area contributed by atoms with E-state index in [2.05, 4.69) is 30.9 Å². The third-order valence-electron chi connectivity index (χ3n) is 7.63. The summed E-state index contributed by atoms with van der Waals surface area (Å²) in [4.78, 5) is 47.9. The number of anilines is 1. The standard InChI is InChI=1S/C24H25N5O2.C12H23NO2/c1-16(25-3)19-7-9-22(10-8-19)29-24(31)23(28-15-30)12-18-5-4-6-20(11-18)21-13-26-17(2)27-14-21;1-12(2,3)15-11(14)13-9-10-7-5-4-6-8-10/h4-11,13-15,23H,12H2,1-3H3,(H,28,30)(H,29,31);10H,4-9H2,1-3H3,(H,13,14)/t23-;/m0./s1. The van der Waals surface area contributed by atoms with Crippen LogP contribution in [0.1, 0.15) is 76.8 Å². The first-order chi connectivity index (χ1) is 22.0. The zero-order chi connectivity index (χ0) is 33.5. The van der Waals surface area contributed by atoms with Gasteiger partial charge in [0.2, 0.25) is 12.3 Å². The van der Waals surface area contributed by atoms with Gasteiger partial charge in [-0.05, 0) is 82.2 Å². The second-order valence-corrected chi connectivity index (χ2v) is 12.5. The number of hydrogen-bond donors (Lipinski definition) is 3. The fraction of sp³-hybridized carbons (Fsp3) is 0.444. The van der Waals surface area contributed by atoms with Gasteiger partial charge in [0.25, 0.3) is 0 Å². The lowest BCUT2D eigenvalue weighted by Gasteiger charge is -2.24. The van der Waals surface area contributed by atoms with Gasteiger partial charge in [0, 0.05) is 49.4 Å². The summed E-state index contributed by atoms with van der Waals surface area (Å²) in [5.74, 6) is 1.08. The Morgan fingerprint density at radius 1 is 1.02 bits per heavy atom. The Kier molecular flexibility index (Phi) is 13.9. The number of rotatable bonds is 10. The first-order valence-corrected chi connectivity index (χ1v) is 15.9. The smallest absolute Gasteiger partial charge is 0.407 e. The molecule has 2 aromatic carbocycles. The van der Waals surface area contributed by atoms with Crippen LogP contribution < -0.4 is 16.0 Å². The van der Waals surface area contributed by atoms with Gasteiger partial charge in [-0.1, -0.05) is 55.7 Å². The van der Waals surface area contributed by atoms with Crippen LogP contribution in [0.15, 0.2) is 65.9 Å². The van der Waals surface area contributed by atoms with Crippen molar-refractivity contribution in [3.05, 3.63) is 77.9 Å². The highest BCUT2D eigenvalue weighted by molar-refractivity contribution is 6.00. The van der Waals surface area contributed by atoms with E-state index in [1.807, 2.05) is 83.1 Å². The molecule has 1 aliphatic rings. The summed E-state index contributed by atoms with van der Waals surface area (Å²) >= 11 is 0. The molecule has 3 amide bonds. The van der Waals surface area contributed by atoms with Crippen molar-refractivity contribution in [2.24, 2.45) is 10.9 Å². The van der Waals surface area contributed by atoms with E-state index in [1.54, 1.807) is 19.4 Å². The van der Waals surface area contributed by atoms with E-state index in [1.165, 1.54) is 32.1 Å². The summed E-state index contributed by atoms with van der Waals surface area (Å²) < 4.78 is 5.18. The van der Waals surface area contributed by atoms with E-state index in [-0.39, 0.29) is 12.0 Å². The lowest BCUT2D eigenvalue weighted by molar-refractivity contribution is -0.121. The zero-order valence-electron chi connectivity index (χ0n) is 27.9. The second-order valence-electron chi connectivity index (χ2n) is 12.5. The SMILES string of the molecule is CC(C)(C)OC(=O)NCC1CCCCC1.CN=C(C)c1ccc(NC(=O)[C@H](Cc2cccc(-c3cnc(C)nc3)c2)NC=O)cc1. The number of hydrogen-bond acceptors (Lipinski definition) is 7. The molecule has 10 nitrogen and oxygen atoms in total. The first kappa shape index (κ1) is 35.9. The molecule has 3 N–H and O–H groups in total.